The summed E-state index contributed by atoms with van der Waals surface area (Å²) >= 11 is 0. The van der Waals surface area contributed by atoms with Crippen molar-refractivity contribution in [1.29, 1.82) is 0 Å². The van der Waals surface area contributed by atoms with Gasteiger partial charge in [-0.25, -0.2) is 9.97 Å². The number of benzene rings is 2. The molecule has 2 saturated heterocycles. The van der Waals surface area contributed by atoms with Gasteiger partial charge in [0, 0.05) is 22.5 Å². The largest absolute Gasteiger partial charge is 0.344 e. The van der Waals surface area contributed by atoms with Gasteiger partial charge in [-0.2, -0.15) is 0 Å². The van der Waals surface area contributed by atoms with Crippen molar-refractivity contribution in [2.45, 2.75) is 63.5 Å². The molecule has 2 fully saturated rings. The van der Waals surface area contributed by atoms with E-state index in [9.17, 15) is 0 Å². The minimum absolute atomic E-state index is 0.384. The van der Waals surface area contributed by atoms with Gasteiger partial charge in [-0.15, -0.1) is 0 Å². The average Bonchev–Trinajstić information content (AvgIpc) is 3.73. The number of H-pyrrole nitrogens is 2. The fraction of sp³-hybridized carbons (Fsp3) is 0.400. The van der Waals surface area contributed by atoms with Gasteiger partial charge in [0.05, 0.1) is 23.5 Å². The van der Waals surface area contributed by atoms with E-state index in [0.29, 0.717) is 12.1 Å². The summed E-state index contributed by atoms with van der Waals surface area (Å²) in [6.07, 6.45) is 9.02. The van der Waals surface area contributed by atoms with Crippen LogP contribution in [0.15, 0.2) is 36.4 Å². The number of nitrogens with zero attached hydrogens (tertiary/aromatic N) is 2. The van der Waals surface area contributed by atoms with Gasteiger partial charge in [0.25, 0.3) is 0 Å². The molecule has 2 aliphatic carbocycles. The maximum atomic E-state index is 5.05. The van der Waals surface area contributed by atoms with Crippen LogP contribution in [0.5, 0.6) is 0 Å². The standard InChI is InChI=1S/C30H32N6/c1-3-25(31-13-1)29-33-23-11-7-19-15-17(5-9-21(19)27(23)35-29)18-6-10-22-20(16-18)8-12-24-28(22)36-30(34-24)26-4-2-14-32-26/h5-6,9-10,15-16,25-26,31-32H,1-4,7-8,11-14H2,(H,33,35)(H,34,36)/t25-,26-/m0/s1. The number of rotatable bonds is 3. The zero-order valence-corrected chi connectivity index (χ0v) is 20.6. The molecule has 4 aromatic rings. The molecule has 2 aromatic carbocycles. The number of imidazole rings is 2. The minimum Gasteiger partial charge on any atom is -0.344 e. The molecule has 4 heterocycles. The van der Waals surface area contributed by atoms with Crippen molar-refractivity contribution in [1.82, 2.24) is 30.6 Å². The number of hydrogen-bond donors (Lipinski definition) is 4. The second-order valence-corrected chi connectivity index (χ2v) is 10.9. The van der Waals surface area contributed by atoms with Crippen LogP contribution in [0, 0.1) is 0 Å². The first kappa shape index (κ1) is 20.9. The molecule has 2 aliphatic heterocycles. The summed E-state index contributed by atoms with van der Waals surface area (Å²) in [6.45, 7) is 2.19. The maximum absolute atomic E-state index is 5.05. The van der Waals surface area contributed by atoms with Gasteiger partial charge in [0.15, 0.2) is 0 Å². The van der Waals surface area contributed by atoms with Crippen molar-refractivity contribution < 1.29 is 0 Å². The van der Waals surface area contributed by atoms with Crippen molar-refractivity contribution in [2.24, 2.45) is 0 Å². The molecule has 4 N–H and O–H groups in total. The summed E-state index contributed by atoms with van der Waals surface area (Å²) in [5.41, 5.74) is 13.0. The molecule has 36 heavy (non-hydrogen) atoms. The van der Waals surface area contributed by atoms with E-state index in [-0.39, 0.29) is 0 Å². The summed E-state index contributed by atoms with van der Waals surface area (Å²) < 4.78 is 0. The zero-order chi connectivity index (χ0) is 23.6. The molecule has 0 saturated carbocycles. The molecular weight excluding hydrogens is 444 g/mol. The Bertz CT molecular complexity index is 1350. The second-order valence-electron chi connectivity index (χ2n) is 10.9. The van der Waals surface area contributed by atoms with Gasteiger partial charge >= 0.3 is 0 Å². The normalized spacial score (nSPS) is 22.2. The molecule has 0 amide bonds. The Morgan fingerprint density at radius 3 is 1.56 bits per heavy atom. The van der Waals surface area contributed by atoms with Gasteiger partial charge in [-0.1, -0.05) is 36.4 Å². The van der Waals surface area contributed by atoms with E-state index in [4.69, 9.17) is 9.97 Å². The van der Waals surface area contributed by atoms with Crippen LogP contribution in [0.1, 0.15) is 71.9 Å². The Kier molecular flexibility index (Phi) is 4.74. The molecule has 2 atom stereocenters. The lowest BCUT2D eigenvalue weighted by atomic mass is 9.87. The highest BCUT2D eigenvalue weighted by atomic mass is 15.1. The lowest BCUT2D eigenvalue weighted by Crippen LogP contribution is -2.14. The highest BCUT2D eigenvalue weighted by Crippen LogP contribution is 2.39. The monoisotopic (exact) mass is 476 g/mol. The molecule has 6 nitrogen and oxygen atoms in total. The minimum atomic E-state index is 0.384. The van der Waals surface area contributed by atoms with E-state index in [1.165, 1.54) is 70.5 Å². The average molecular weight is 477 g/mol. The molecule has 0 radical (unpaired) electrons. The van der Waals surface area contributed by atoms with Gasteiger partial charge in [0.2, 0.25) is 0 Å². The number of aromatic nitrogens is 4. The van der Waals surface area contributed by atoms with E-state index in [2.05, 4.69) is 57.0 Å². The maximum Gasteiger partial charge on any atom is 0.124 e. The molecular formula is C30H32N6. The Morgan fingerprint density at radius 2 is 1.11 bits per heavy atom. The smallest absolute Gasteiger partial charge is 0.124 e. The van der Waals surface area contributed by atoms with Crippen molar-refractivity contribution in [3.05, 3.63) is 70.6 Å². The van der Waals surface area contributed by atoms with Crippen molar-refractivity contribution >= 4 is 0 Å². The van der Waals surface area contributed by atoms with E-state index >= 15 is 0 Å². The number of aryl methyl sites for hydroxylation is 4. The molecule has 8 rings (SSSR count). The lowest BCUT2D eigenvalue weighted by Gasteiger charge is -2.18. The van der Waals surface area contributed by atoms with Crippen LogP contribution in [-0.2, 0) is 25.7 Å². The van der Waals surface area contributed by atoms with E-state index < -0.39 is 0 Å². The van der Waals surface area contributed by atoms with Crippen LogP contribution in [0.2, 0.25) is 0 Å². The highest BCUT2D eigenvalue weighted by molar-refractivity contribution is 5.78. The van der Waals surface area contributed by atoms with Crippen LogP contribution in [0.4, 0.5) is 0 Å². The van der Waals surface area contributed by atoms with Crippen LogP contribution < -0.4 is 10.6 Å². The predicted molar refractivity (Wildman–Crippen MR) is 142 cm³/mol. The molecule has 0 unspecified atom stereocenters. The molecule has 182 valence electrons. The van der Waals surface area contributed by atoms with Crippen molar-refractivity contribution in [3.63, 3.8) is 0 Å². The fourth-order valence-corrected chi connectivity index (χ4v) is 6.77. The highest BCUT2D eigenvalue weighted by Gasteiger charge is 2.27. The van der Waals surface area contributed by atoms with Crippen molar-refractivity contribution in [2.75, 3.05) is 13.1 Å². The van der Waals surface area contributed by atoms with Gasteiger partial charge in [-0.3, -0.25) is 0 Å². The summed E-state index contributed by atoms with van der Waals surface area (Å²) in [7, 11) is 0. The molecule has 4 aliphatic rings. The third-order valence-corrected chi connectivity index (χ3v) is 8.72. The quantitative estimate of drug-likeness (QED) is 0.328. The van der Waals surface area contributed by atoms with Gasteiger partial charge in [-0.05, 0) is 86.7 Å². The SMILES string of the molecule is c1cc2c(cc1-c1ccc3c(c1)CCc1[nH]c([C@@H]4CCCN4)nc1-3)CCc1[nH]c([C@@H]3CCCN3)nc1-2. The first-order valence-electron chi connectivity index (χ1n) is 13.7. The van der Waals surface area contributed by atoms with E-state index in [0.717, 1.165) is 61.8 Å². The van der Waals surface area contributed by atoms with Crippen LogP contribution in [0.3, 0.4) is 0 Å². The summed E-state index contributed by atoms with van der Waals surface area (Å²) in [5, 5.41) is 7.16. The zero-order valence-electron chi connectivity index (χ0n) is 20.6. The molecule has 0 bridgehead atoms. The predicted octanol–water partition coefficient (Wildman–Crippen LogP) is 5.18. The Balaban J connectivity index is 1.11. The third kappa shape index (κ3) is 3.31. The van der Waals surface area contributed by atoms with Crippen molar-refractivity contribution in [3.8, 4) is 33.6 Å². The summed E-state index contributed by atoms with van der Waals surface area (Å²) in [6, 6.07) is 14.7. The first-order chi connectivity index (χ1) is 17.8. The lowest BCUT2D eigenvalue weighted by molar-refractivity contribution is 0.611. The first-order valence-corrected chi connectivity index (χ1v) is 13.7. The molecule has 6 heteroatoms. The van der Waals surface area contributed by atoms with E-state index in [1.54, 1.807) is 0 Å². The number of aromatic amines is 2. The summed E-state index contributed by atoms with van der Waals surface area (Å²) in [5.74, 6) is 2.24. The van der Waals surface area contributed by atoms with Crippen LogP contribution in [0.25, 0.3) is 33.6 Å². The molecule has 2 aromatic heterocycles. The molecule has 0 spiro atoms. The fourth-order valence-electron chi connectivity index (χ4n) is 6.77. The van der Waals surface area contributed by atoms with Crippen LogP contribution in [-0.4, -0.2) is 33.0 Å². The van der Waals surface area contributed by atoms with Gasteiger partial charge < -0.3 is 20.6 Å². The van der Waals surface area contributed by atoms with Gasteiger partial charge in [0.1, 0.15) is 11.6 Å². The number of nitrogens with one attached hydrogen (secondary N) is 4. The van der Waals surface area contributed by atoms with Crippen LogP contribution >= 0.6 is 0 Å². The Hall–Kier alpha value is -3.22. The summed E-state index contributed by atoms with van der Waals surface area (Å²) in [4.78, 5) is 17.4. The second kappa shape index (κ2) is 8.15. The number of fused-ring (bicyclic) bond motifs is 6. The topological polar surface area (TPSA) is 81.4 Å². The third-order valence-electron chi connectivity index (χ3n) is 8.72. The Morgan fingerprint density at radius 1 is 0.611 bits per heavy atom. The van der Waals surface area contributed by atoms with E-state index in [1.807, 2.05) is 0 Å². The Labute approximate surface area is 211 Å². The number of hydrogen-bond acceptors (Lipinski definition) is 4.